The topological polar surface area (TPSA) is 46.6 Å². The van der Waals surface area contributed by atoms with Crippen molar-refractivity contribution in [2.24, 2.45) is 5.92 Å². The molecule has 0 aliphatic carbocycles. The molecule has 1 amide bonds. The minimum atomic E-state index is -0.726. The van der Waals surface area contributed by atoms with Crippen LogP contribution < -0.4 is 4.74 Å². The SMILES string of the molecule is COc1ccccc1/C=C(/C(=O)N1CCC(C(=O)c2cc(F)ccc2F)CC1)c1ccccc1. The maximum Gasteiger partial charge on any atom is 0.254 e. The summed E-state index contributed by atoms with van der Waals surface area (Å²) in [5.41, 5.74) is 1.85. The number of rotatable bonds is 6. The van der Waals surface area contributed by atoms with E-state index in [0.717, 1.165) is 29.3 Å². The number of amides is 1. The van der Waals surface area contributed by atoms with E-state index in [4.69, 9.17) is 4.74 Å². The van der Waals surface area contributed by atoms with Crippen molar-refractivity contribution >= 4 is 23.3 Å². The van der Waals surface area contributed by atoms with Crippen molar-refractivity contribution in [2.75, 3.05) is 20.2 Å². The summed E-state index contributed by atoms with van der Waals surface area (Å²) in [6.45, 7) is 0.699. The molecular formula is C28H25F2NO3. The van der Waals surface area contributed by atoms with Gasteiger partial charge in [0.05, 0.1) is 12.7 Å². The van der Waals surface area contributed by atoms with Crippen LogP contribution in [0.15, 0.2) is 72.8 Å². The fourth-order valence-electron chi connectivity index (χ4n) is 4.25. The summed E-state index contributed by atoms with van der Waals surface area (Å²) in [5, 5.41) is 0. The van der Waals surface area contributed by atoms with Gasteiger partial charge in [-0.2, -0.15) is 0 Å². The Bertz CT molecular complexity index is 1220. The maximum absolute atomic E-state index is 14.1. The Hall–Kier alpha value is -3.80. The molecule has 1 aliphatic rings. The number of carbonyl (C=O) groups is 2. The molecule has 0 bridgehead atoms. The lowest BCUT2D eigenvalue weighted by Crippen LogP contribution is -2.40. The summed E-state index contributed by atoms with van der Waals surface area (Å²) in [6, 6.07) is 19.7. The molecule has 1 heterocycles. The highest BCUT2D eigenvalue weighted by Gasteiger charge is 2.31. The number of halogens is 2. The molecule has 1 aliphatic heterocycles. The fraction of sp³-hybridized carbons (Fsp3) is 0.214. The standard InChI is InChI=1S/C28H25F2NO3/c1-34-26-10-6-5-9-21(26)17-23(19-7-3-2-4-8-19)28(33)31-15-13-20(14-16-31)27(32)24-18-22(29)11-12-25(24)30/h2-12,17-18,20H,13-16H2,1H3/b23-17+. The minimum Gasteiger partial charge on any atom is -0.496 e. The minimum absolute atomic E-state index is 0.153. The molecule has 0 atom stereocenters. The van der Waals surface area contributed by atoms with Crippen LogP contribution in [0.2, 0.25) is 0 Å². The van der Waals surface area contributed by atoms with E-state index in [1.165, 1.54) is 0 Å². The second kappa shape index (κ2) is 10.4. The quantitative estimate of drug-likeness (QED) is 0.271. The normalized spacial score (nSPS) is 14.7. The van der Waals surface area contributed by atoms with Crippen LogP contribution in [-0.4, -0.2) is 36.8 Å². The van der Waals surface area contributed by atoms with Gasteiger partial charge in [0, 0.05) is 30.1 Å². The molecule has 4 rings (SSSR count). The number of carbonyl (C=O) groups excluding carboxylic acids is 2. The highest BCUT2D eigenvalue weighted by atomic mass is 19.1. The van der Waals surface area contributed by atoms with Crippen molar-refractivity contribution in [3.8, 4) is 5.75 Å². The van der Waals surface area contributed by atoms with Crippen molar-refractivity contribution in [3.05, 3.63) is 101 Å². The van der Waals surface area contributed by atoms with Gasteiger partial charge in [-0.1, -0.05) is 48.5 Å². The number of ketones is 1. The van der Waals surface area contributed by atoms with E-state index in [9.17, 15) is 18.4 Å². The summed E-state index contributed by atoms with van der Waals surface area (Å²) in [5.74, 6) is -1.75. The molecule has 0 spiro atoms. The number of nitrogens with zero attached hydrogens (tertiary/aromatic N) is 1. The lowest BCUT2D eigenvalue weighted by Gasteiger charge is -2.32. The number of piperidine rings is 1. The van der Waals surface area contributed by atoms with Gasteiger partial charge >= 0.3 is 0 Å². The van der Waals surface area contributed by atoms with Gasteiger partial charge in [-0.05, 0) is 48.7 Å². The van der Waals surface area contributed by atoms with Gasteiger partial charge in [0.2, 0.25) is 0 Å². The van der Waals surface area contributed by atoms with Crippen LogP contribution in [0.5, 0.6) is 5.75 Å². The molecule has 1 saturated heterocycles. The second-order valence-electron chi connectivity index (χ2n) is 8.22. The Morgan fingerprint density at radius 3 is 2.32 bits per heavy atom. The second-order valence-corrected chi connectivity index (χ2v) is 8.22. The molecule has 3 aromatic rings. The molecule has 0 unspecified atom stereocenters. The monoisotopic (exact) mass is 461 g/mol. The van der Waals surface area contributed by atoms with Gasteiger partial charge in [0.15, 0.2) is 5.78 Å². The lowest BCUT2D eigenvalue weighted by molar-refractivity contribution is -0.126. The zero-order valence-electron chi connectivity index (χ0n) is 18.8. The largest absolute Gasteiger partial charge is 0.496 e. The van der Waals surface area contributed by atoms with Crippen molar-refractivity contribution in [2.45, 2.75) is 12.8 Å². The van der Waals surface area contributed by atoms with Gasteiger partial charge in [-0.3, -0.25) is 9.59 Å². The molecule has 6 heteroatoms. The third-order valence-electron chi connectivity index (χ3n) is 6.10. The van der Waals surface area contributed by atoms with E-state index < -0.39 is 23.3 Å². The Morgan fingerprint density at radius 1 is 0.941 bits per heavy atom. The third-order valence-corrected chi connectivity index (χ3v) is 6.10. The first kappa shape index (κ1) is 23.4. The molecule has 0 aromatic heterocycles. The van der Waals surface area contributed by atoms with Crippen LogP contribution in [0.25, 0.3) is 11.6 Å². The first-order chi connectivity index (χ1) is 16.5. The van der Waals surface area contributed by atoms with Gasteiger partial charge in [0.1, 0.15) is 17.4 Å². The first-order valence-electron chi connectivity index (χ1n) is 11.2. The number of Topliss-reactive ketones (excluding diaryl/α,β-unsaturated/α-hetero) is 1. The predicted octanol–water partition coefficient (Wildman–Crippen LogP) is 5.64. The molecule has 0 radical (unpaired) electrons. The van der Waals surface area contributed by atoms with Gasteiger partial charge in [-0.25, -0.2) is 8.78 Å². The number of benzene rings is 3. The molecule has 34 heavy (non-hydrogen) atoms. The fourth-order valence-corrected chi connectivity index (χ4v) is 4.25. The number of ether oxygens (including phenoxy) is 1. The number of methoxy groups -OCH3 is 1. The highest BCUT2D eigenvalue weighted by molar-refractivity contribution is 6.24. The zero-order valence-corrected chi connectivity index (χ0v) is 18.8. The lowest BCUT2D eigenvalue weighted by atomic mass is 9.88. The Morgan fingerprint density at radius 2 is 1.62 bits per heavy atom. The Labute approximate surface area is 197 Å². The average Bonchev–Trinajstić information content (AvgIpc) is 2.88. The van der Waals surface area contributed by atoms with E-state index in [2.05, 4.69) is 0 Å². The summed E-state index contributed by atoms with van der Waals surface area (Å²) in [7, 11) is 1.58. The van der Waals surface area contributed by atoms with E-state index in [-0.39, 0.29) is 11.5 Å². The third kappa shape index (κ3) is 5.06. The molecule has 1 fully saturated rings. The first-order valence-corrected chi connectivity index (χ1v) is 11.2. The zero-order chi connectivity index (χ0) is 24.1. The van der Waals surface area contributed by atoms with Crippen LogP contribution in [0, 0.1) is 17.6 Å². The van der Waals surface area contributed by atoms with Crippen molar-refractivity contribution in [1.82, 2.24) is 4.90 Å². The molecule has 0 saturated carbocycles. The van der Waals surface area contributed by atoms with Crippen LogP contribution in [0.3, 0.4) is 0 Å². The van der Waals surface area contributed by atoms with Gasteiger partial charge in [0.25, 0.3) is 5.91 Å². The van der Waals surface area contributed by atoms with Crippen LogP contribution in [0.1, 0.15) is 34.3 Å². The van der Waals surface area contributed by atoms with Crippen LogP contribution in [-0.2, 0) is 4.79 Å². The van der Waals surface area contributed by atoms with E-state index >= 15 is 0 Å². The van der Waals surface area contributed by atoms with Crippen molar-refractivity contribution < 1.29 is 23.1 Å². The molecule has 3 aromatic carbocycles. The van der Waals surface area contributed by atoms with Crippen molar-refractivity contribution in [1.29, 1.82) is 0 Å². The van der Waals surface area contributed by atoms with Gasteiger partial charge in [-0.15, -0.1) is 0 Å². The molecule has 4 nitrogen and oxygen atoms in total. The van der Waals surface area contributed by atoms with Crippen LogP contribution in [0.4, 0.5) is 8.78 Å². The summed E-state index contributed by atoms with van der Waals surface area (Å²) in [4.78, 5) is 28.1. The maximum atomic E-state index is 14.1. The smallest absolute Gasteiger partial charge is 0.254 e. The van der Waals surface area contributed by atoms with E-state index in [1.807, 2.05) is 60.7 Å². The number of para-hydroxylation sites is 1. The van der Waals surface area contributed by atoms with Crippen LogP contribution >= 0.6 is 0 Å². The molecular weight excluding hydrogens is 436 g/mol. The summed E-state index contributed by atoms with van der Waals surface area (Å²) >= 11 is 0. The van der Waals surface area contributed by atoms with E-state index in [1.54, 1.807) is 12.0 Å². The van der Waals surface area contributed by atoms with E-state index in [0.29, 0.717) is 37.3 Å². The Kier molecular flexibility index (Phi) is 7.16. The summed E-state index contributed by atoms with van der Waals surface area (Å²) < 4.78 is 33.1. The highest BCUT2D eigenvalue weighted by Crippen LogP contribution is 2.29. The predicted molar refractivity (Wildman–Crippen MR) is 127 cm³/mol. The Balaban J connectivity index is 1.55. The molecule has 174 valence electrons. The number of hydrogen-bond donors (Lipinski definition) is 0. The number of likely N-dealkylation sites (tertiary alicyclic amines) is 1. The average molecular weight is 462 g/mol. The van der Waals surface area contributed by atoms with Gasteiger partial charge < -0.3 is 9.64 Å². The molecule has 0 N–H and O–H groups in total. The summed E-state index contributed by atoms with van der Waals surface area (Å²) in [6.07, 6.45) is 2.59. The number of hydrogen-bond acceptors (Lipinski definition) is 3. The van der Waals surface area contributed by atoms with Crippen molar-refractivity contribution in [3.63, 3.8) is 0 Å².